The Balaban J connectivity index is 1.28. The number of aromatic nitrogens is 1. The Hall–Kier alpha value is -1.90. The van der Waals surface area contributed by atoms with Gasteiger partial charge in [-0.1, -0.05) is 6.07 Å². The van der Waals surface area contributed by atoms with Crippen molar-refractivity contribution in [3.8, 4) is 10.8 Å². The maximum absolute atomic E-state index is 12.5. The summed E-state index contributed by atoms with van der Waals surface area (Å²) >= 11 is 1.62. The Morgan fingerprint density at radius 1 is 1.12 bits per heavy atom. The van der Waals surface area contributed by atoms with Gasteiger partial charge in [-0.15, -0.1) is 11.3 Å². The van der Waals surface area contributed by atoms with Crippen molar-refractivity contribution >= 4 is 17.4 Å². The second-order valence-corrected chi connectivity index (χ2v) is 7.21. The fraction of sp³-hybridized carbons (Fsp3) is 0.529. The topological polar surface area (TPSA) is 62.1 Å². The van der Waals surface area contributed by atoms with E-state index in [2.05, 4.69) is 9.88 Å². The van der Waals surface area contributed by atoms with Gasteiger partial charge in [-0.3, -0.25) is 4.90 Å². The minimum Gasteiger partial charge on any atom is -0.444 e. The van der Waals surface area contributed by atoms with Gasteiger partial charge >= 0.3 is 6.03 Å². The molecule has 2 aliphatic rings. The number of urea groups is 1. The van der Waals surface area contributed by atoms with E-state index in [9.17, 15) is 4.79 Å². The van der Waals surface area contributed by atoms with Crippen LogP contribution >= 0.6 is 11.3 Å². The predicted molar refractivity (Wildman–Crippen MR) is 94.5 cm³/mol. The number of thiophene rings is 1. The van der Waals surface area contributed by atoms with Crippen molar-refractivity contribution in [2.75, 3.05) is 52.5 Å². The van der Waals surface area contributed by atoms with E-state index in [0.29, 0.717) is 32.2 Å². The monoisotopic (exact) mass is 362 g/mol. The standard InChI is InChI=1S/C17H22N4O3S/c22-17(21-7-9-23-10-8-21)20-5-3-19(4-6-20)12-14-13-24-16(18-14)15-2-1-11-25-15/h1-2,11,13H,3-10,12H2. The summed E-state index contributed by atoms with van der Waals surface area (Å²) in [5.74, 6) is 0.686. The molecule has 0 aliphatic carbocycles. The molecule has 2 saturated heterocycles. The van der Waals surface area contributed by atoms with Gasteiger partial charge in [0.15, 0.2) is 0 Å². The molecule has 0 aromatic carbocycles. The summed E-state index contributed by atoms with van der Waals surface area (Å²) in [6.07, 6.45) is 1.74. The lowest BCUT2D eigenvalue weighted by Gasteiger charge is -2.38. The van der Waals surface area contributed by atoms with Gasteiger partial charge in [0.2, 0.25) is 5.89 Å². The second-order valence-electron chi connectivity index (χ2n) is 6.27. The van der Waals surface area contributed by atoms with Crippen LogP contribution in [0.5, 0.6) is 0 Å². The average Bonchev–Trinajstić information content (AvgIpc) is 3.34. The number of morpholine rings is 1. The van der Waals surface area contributed by atoms with Crippen molar-refractivity contribution in [2.24, 2.45) is 0 Å². The number of carbonyl (C=O) groups is 1. The number of piperazine rings is 1. The van der Waals surface area contributed by atoms with Crippen LogP contribution in [0.25, 0.3) is 10.8 Å². The molecule has 0 spiro atoms. The first-order valence-electron chi connectivity index (χ1n) is 8.62. The first-order valence-corrected chi connectivity index (χ1v) is 9.50. The van der Waals surface area contributed by atoms with Gasteiger partial charge < -0.3 is 19.0 Å². The molecule has 134 valence electrons. The maximum Gasteiger partial charge on any atom is 0.320 e. The number of ether oxygens (including phenoxy) is 1. The van der Waals surface area contributed by atoms with Crippen molar-refractivity contribution < 1.29 is 13.9 Å². The zero-order valence-electron chi connectivity index (χ0n) is 14.1. The molecule has 7 nitrogen and oxygen atoms in total. The summed E-state index contributed by atoms with van der Waals surface area (Å²) < 4.78 is 10.9. The van der Waals surface area contributed by atoms with Gasteiger partial charge in [0, 0.05) is 45.8 Å². The van der Waals surface area contributed by atoms with Crippen LogP contribution in [-0.4, -0.2) is 78.2 Å². The molecule has 0 atom stereocenters. The van der Waals surface area contributed by atoms with Crippen molar-refractivity contribution in [1.82, 2.24) is 19.7 Å². The molecule has 2 fully saturated rings. The lowest BCUT2D eigenvalue weighted by Crippen LogP contribution is -2.54. The normalized spacial score (nSPS) is 19.4. The van der Waals surface area contributed by atoms with Gasteiger partial charge in [-0.2, -0.15) is 0 Å². The second kappa shape index (κ2) is 7.55. The fourth-order valence-electron chi connectivity index (χ4n) is 3.17. The lowest BCUT2D eigenvalue weighted by atomic mass is 10.3. The van der Waals surface area contributed by atoms with Crippen LogP contribution in [0.1, 0.15) is 5.69 Å². The Bertz CT molecular complexity index is 689. The highest BCUT2D eigenvalue weighted by atomic mass is 32.1. The van der Waals surface area contributed by atoms with Gasteiger partial charge in [-0.25, -0.2) is 9.78 Å². The van der Waals surface area contributed by atoms with E-state index in [-0.39, 0.29) is 6.03 Å². The number of hydrogen-bond donors (Lipinski definition) is 0. The molecule has 2 amide bonds. The zero-order valence-corrected chi connectivity index (χ0v) is 14.9. The number of rotatable bonds is 3. The summed E-state index contributed by atoms with van der Waals surface area (Å²) in [4.78, 5) is 24.3. The quantitative estimate of drug-likeness (QED) is 0.835. The molecule has 8 heteroatoms. The highest BCUT2D eigenvalue weighted by Gasteiger charge is 2.26. The smallest absolute Gasteiger partial charge is 0.320 e. The van der Waals surface area contributed by atoms with Crippen molar-refractivity contribution in [1.29, 1.82) is 0 Å². The van der Waals surface area contributed by atoms with E-state index in [1.165, 1.54) is 0 Å². The molecule has 0 bridgehead atoms. The van der Waals surface area contributed by atoms with Crippen LogP contribution in [0, 0.1) is 0 Å². The van der Waals surface area contributed by atoms with Crippen LogP contribution in [0.4, 0.5) is 4.79 Å². The van der Waals surface area contributed by atoms with Crippen molar-refractivity contribution in [2.45, 2.75) is 6.54 Å². The third kappa shape index (κ3) is 3.86. The summed E-state index contributed by atoms with van der Waals surface area (Å²) in [5, 5.41) is 2.02. The SMILES string of the molecule is O=C(N1CCOCC1)N1CCN(Cc2coc(-c3cccs3)n2)CC1. The van der Waals surface area contributed by atoms with Gasteiger partial charge in [0.25, 0.3) is 0 Å². The van der Waals surface area contributed by atoms with E-state index in [0.717, 1.165) is 43.3 Å². The lowest BCUT2D eigenvalue weighted by molar-refractivity contribution is 0.0372. The average molecular weight is 362 g/mol. The molecule has 0 saturated carbocycles. The molecule has 4 rings (SSSR count). The highest BCUT2D eigenvalue weighted by Crippen LogP contribution is 2.24. The number of nitrogens with zero attached hydrogens (tertiary/aromatic N) is 4. The number of amides is 2. The third-order valence-electron chi connectivity index (χ3n) is 4.59. The van der Waals surface area contributed by atoms with Gasteiger partial charge in [0.1, 0.15) is 6.26 Å². The summed E-state index contributed by atoms with van der Waals surface area (Å²) in [5.41, 5.74) is 0.941. The van der Waals surface area contributed by atoms with Crippen LogP contribution in [-0.2, 0) is 11.3 Å². The fourth-order valence-corrected chi connectivity index (χ4v) is 3.83. The summed E-state index contributed by atoms with van der Waals surface area (Å²) in [7, 11) is 0. The maximum atomic E-state index is 12.5. The Morgan fingerprint density at radius 3 is 2.60 bits per heavy atom. The summed E-state index contributed by atoms with van der Waals surface area (Å²) in [6.45, 7) is 6.67. The minimum atomic E-state index is 0.143. The molecule has 0 radical (unpaired) electrons. The Morgan fingerprint density at radius 2 is 1.88 bits per heavy atom. The Kier molecular flexibility index (Phi) is 5.00. The molecule has 2 aromatic heterocycles. The first kappa shape index (κ1) is 16.6. The third-order valence-corrected chi connectivity index (χ3v) is 5.45. The van der Waals surface area contributed by atoms with E-state index < -0.39 is 0 Å². The molecule has 2 aromatic rings. The number of hydrogen-bond acceptors (Lipinski definition) is 6. The Labute approximate surface area is 150 Å². The molecule has 0 N–H and O–H groups in total. The van der Waals surface area contributed by atoms with Crippen LogP contribution < -0.4 is 0 Å². The van der Waals surface area contributed by atoms with E-state index >= 15 is 0 Å². The largest absolute Gasteiger partial charge is 0.444 e. The van der Waals surface area contributed by atoms with Crippen LogP contribution in [0.2, 0.25) is 0 Å². The van der Waals surface area contributed by atoms with Gasteiger partial charge in [-0.05, 0) is 11.4 Å². The van der Waals surface area contributed by atoms with Crippen LogP contribution in [0.3, 0.4) is 0 Å². The highest BCUT2D eigenvalue weighted by molar-refractivity contribution is 7.13. The zero-order chi connectivity index (χ0) is 17.1. The van der Waals surface area contributed by atoms with Gasteiger partial charge in [0.05, 0.1) is 23.8 Å². The van der Waals surface area contributed by atoms with E-state index in [1.54, 1.807) is 17.6 Å². The van der Waals surface area contributed by atoms with E-state index in [1.807, 2.05) is 27.3 Å². The summed E-state index contributed by atoms with van der Waals surface area (Å²) in [6, 6.07) is 4.15. The molecular weight excluding hydrogens is 340 g/mol. The molecule has 0 unspecified atom stereocenters. The first-order chi connectivity index (χ1) is 12.3. The molecule has 2 aliphatic heterocycles. The van der Waals surface area contributed by atoms with Crippen molar-refractivity contribution in [3.05, 3.63) is 29.5 Å². The molecule has 25 heavy (non-hydrogen) atoms. The van der Waals surface area contributed by atoms with Crippen LogP contribution in [0.15, 0.2) is 28.2 Å². The number of carbonyl (C=O) groups excluding carboxylic acids is 1. The molecule has 4 heterocycles. The predicted octanol–water partition coefficient (Wildman–Crippen LogP) is 1.97. The van der Waals surface area contributed by atoms with E-state index in [4.69, 9.17) is 9.15 Å². The number of oxazole rings is 1. The minimum absolute atomic E-state index is 0.143. The molecular formula is C17H22N4O3S. The van der Waals surface area contributed by atoms with Crippen molar-refractivity contribution in [3.63, 3.8) is 0 Å².